The number of aliphatic hydroxyl groups is 1. The van der Waals surface area contributed by atoms with Gasteiger partial charge in [-0.2, -0.15) is 0 Å². The van der Waals surface area contributed by atoms with Crippen LogP contribution in [0.2, 0.25) is 0 Å². The Morgan fingerprint density at radius 3 is 2.42 bits per heavy atom. The summed E-state index contributed by atoms with van der Waals surface area (Å²) < 4.78 is 0. The molecule has 2 heteroatoms. The lowest BCUT2D eigenvalue weighted by Gasteiger charge is -2.28. The Morgan fingerprint density at radius 1 is 1.00 bits per heavy atom. The largest absolute Gasteiger partial charge is 0.395 e. The minimum absolute atomic E-state index is 0.301. The molecular formula is C17H27NO. The molecule has 2 nitrogen and oxygen atoms in total. The number of hydrogen-bond acceptors (Lipinski definition) is 2. The van der Waals surface area contributed by atoms with Crippen LogP contribution in [0.3, 0.4) is 0 Å². The molecule has 1 aromatic rings. The van der Waals surface area contributed by atoms with Gasteiger partial charge in [0, 0.05) is 12.6 Å². The van der Waals surface area contributed by atoms with Gasteiger partial charge in [-0.3, -0.25) is 4.90 Å². The summed E-state index contributed by atoms with van der Waals surface area (Å²) in [6, 6.07) is 11.5. The number of aryl methyl sites for hydroxylation is 1. The molecular weight excluding hydrogens is 234 g/mol. The van der Waals surface area contributed by atoms with Crippen LogP contribution in [-0.4, -0.2) is 35.7 Å². The van der Waals surface area contributed by atoms with Crippen molar-refractivity contribution in [2.45, 2.75) is 51.0 Å². The fraction of sp³-hybridized carbons (Fsp3) is 0.647. The van der Waals surface area contributed by atoms with Gasteiger partial charge >= 0.3 is 0 Å². The van der Waals surface area contributed by atoms with Crippen LogP contribution >= 0.6 is 0 Å². The summed E-state index contributed by atoms with van der Waals surface area (Å²) >= 11 is 0. The monoisotopic (exact) mass is 261 g/mol. The SMILES string of the molecule is OCCN(CCCCc1ccccc1)C1CCCC1. The second-order valence-electron chi connectivity index (χ2n) is 5.64. The molecule has 1 aliphatic carbocycles. The molecule has 0 spiro atoms. The molecule has 106 valence electrons. The Bertz CT molecular complexity index is 332. The Hall–Kier alpha value is -0.860. The zero-order valence-electron chi connectivity index (χ0n) is 11.9. The van der Waals surface area contributed by atoms with Crippen molar-refractivity contribution >= 4 is 0 Å². The minimum Gasteiger partial charge on any atom is -0.395 e. The normalized spacial score (nSPS) is 16.3. The van der Waals surface area contributed by atoms with E-state index in [2.05, 4.69) is 35.2 Å². The standard InChI is InChI=1S/C17H27NO/c19-15-14-18(17-11-4-5-12-17)13-7-6-10-16-8-2-1-3-9-16/h1-3,8-9,17,19H,4-7,10-15H2. The van der Waals surface area contributed by atoms with E-state index in [9.17, 15) is 5.11 Å². The zero-order valence-corrected chi connectivity index (χ0v) is 11.9. The molecule has 2 rings (SSSR count). The Morgan fingerprint density at radius 2 is 1.74 bits per heavy atom. The molecule has 0 unspecified atom stereocenters. The molecule has 0 radical (unpaired) electrons. The Kier molecular flexibility index (Phi) is 6.38. The maximum atomic E-state index is 9.19. The van der Waals surface area contributed by atoms with Crippen LogP contribution in [0.5, 0.6) is 0 Å². The number of rotatable bonds is 8. The molecule has 19 heavy (non-hydrogen) atoms. The fourth-order valence-electron chi connectivity index (χ4n) is 3.16. The van der Waals surface area contributed by atoms with E-state index in [4.69, 9.17) is 0 Å². The van der Waals surface area contributed by atoms with Crippen molar-refractivity contribution in [2.75, 3.05) is 19.7 Å². The summed E-state index contributed by atoms with van der Waals surface area (Å²) in [7, 11) is 0. The van der Waals surface area contributed by atoms with Crippen molar-refractivity contribution in [3.8, 4) is 0 Å². The van der Waals surface area contributed by atoms with Crippen LogP contribution in [-0.2, 0) is 6.42 Å². The number of hydrogen-bond donors (Lipinski definition) is 1. The van der Waals surface area contributed by atoms with Gasteiger partial charge in [0.2, 0.25) is 0 Å². The third-order valence-corrected chi connectivity index (χ3v) is 4.23. The summed E-state index contributed by atoms with van der Waals surface area (Å²) in [4.78, 5) is 2.51. The first-order valence-electron chi connectivity index (χ1n) is 7.79. The van der Waals surface area contributed by atoms with Crippen molar-refractivity contribution in [3.63, 3.8) is 0 Å². The number of unbranched alkanes of at least 4 members (excludes halogenated alkanes) is 1. The first-order valence-corrected chi connectivity index (χ1v) is 7.79. The zero-order chi connectivity index (χ0) is 13.3. The molecule has 0 saturated heterocycles. The molecule has 0 aliphatic heterocycles. The molecule has 1 aromatic carbocycles. The topological polar surface area (TPSA) is 23.5 Å². The highest BCUT2D eigenvalue weighted by Gasteiger charge is 2.21. The predicted molar refractivity (Wildman–Crippen MR) is 80.3 cm³/mol. The molecule has 0 heterocycles. The third-order valence-electron chi connectivity index (χ3n) is 4.23. The van der Waals surface area contributed by atoms with Crippen LogP contribution < -0.4 is 0 Å². The molecule has 1 aliphatic rings. The average Bonchev–Trinajstić information content (AvgIpc) is 2.97. The lowest BCUT2D eigenvalue weighted by atomic mass is 10.1. The Labute approximate surface area is 117 Å². The molecule has 0 aromatic heterocycles. The van der Waals surface area contributed by atoms with Gasteiger partial charge in [-0.1, -0.05) is 43.2 Å². The van der Waals surface area contributed by atoms with Gasteiger partial charge in [0.1, 0.15) is 0 Å². The van der Waals surface area contributed by atoms with Crippen molar-refractivity contribution < 1.29 is 5.11 Å². The quantitative estimate of drug-likeness (QED) is 0.726. The average molecular weight is 261 g/mol. The van der Waals surface area contributed by atoms with Crippen LogP contribution in [0.15, 0.2) is 30.3 Å². The van der Waals surface area contributed by atoms with E-state index in [-0.39, 0.29) is 0 Å². The summed E-state index contributed by atoms with van der Waals surface area (Å²) in [5.41, 5.74) is 1.44. The minimum atomic E-state index is 0.301. The van der Waals surface area contributed by atoms with Crippen molar-refractivity contribution in [1.82, 2.24) is 4.90 Å². The first-order chi connectivity index (χ1) is 9.40. The van der Waals surface area contributed by atoms with E-state index in [0.29, 0.717) is 6.61 Å². The molecule has 1 saturated carbocycles. The fourth-order valence-corrected chi connectivity index (χ4v) is 3.16. The van der Waals surface area contributed by atoms with E-state index in [0.717, 1.165) is 19.1 Å². The van der Waals surface area contributed by atoms with Gasteiger partial charge in [-0.25, -0.2) is 0 Å². The van der Waals surface area contributed by atoms with Gasteiger partial charge in [0.25, 0.3) is 0 Å². The third kappa shape index (κ3) is 4.96. The van der Waals surface area contributed by atoms with Crippen LogP contribution in [0.25, 0.3) is 0 Å². The molecule has 0 atom stereocenters. The highest BCUT2D eigenvalue weighted by molar-refractivity contribution is 5.14. The second kappa shape index (κ2) is 8.34. The van der Waals surface area contributed by atoms with Gasteiger partial charge in [0.15, 0.2) is 0 Å². The van der Waals surface area contributed by atoms with Gasteiger partial charge in [0.05, 0.1) is 6.61 Å². The molecule has 0 amide bonds. The summed E-state index contributed by atoms with van der Waals surface area (Å²) in [6.45, 7) is 2.31. The number of benzene rings is 1. The lowest BCUT2D eigenvalue weighted by molar-refractivity contribution is 0.149. The number of aliphatic hydroxyl groups excluding tert-OH is 1. The maximum Gasteiger partial charge on any atom is 0.0558 e. The van der Waals surface area contributed by atoms with E-state index < -0.39 is 0 Å². The molecule has 1 fully saturated rings. The van der Waals surface area contributed by atoms with E-state index in [1.54, 1.807) is 0 Å². The first kappa shape index (κ1) is 14.5. The summed E-state index contributed by atoms with van der Waals surface area (Å²) in [5, 5.41) is 9.19. The predicted octanol–water partition coefficient (Wildman–Crippen LogP) is 3.25. The van der Waals surface area contributed by atoms with Crippen molar-refractivity contribution in [3.05, 3.63) is 35.9 Å². The van der Waals surface area contributed by atoms with E-state index in [1.807, 2.05) is 0 Å². The van der Waals surface area contributed by atoms with Crippen LogP contribution in [0.1, 0.15) is 44.1 Å². The summed E-state index contributed by atoms with van der Waals surface area (Å²) in [5.74, 6) is 0. The lowest BCUT2D eigenvalue weighted by Crippen LogP contribution is -2.36. The highest BCUT2D eigenvalue weighted by Crippen LogP contribution is 2.23. The van der Waals surface area contributed by atoms with Gasteiger partial charge in [-0.15, -0.1) is 0 Å². The van der Waals surface area contributed by atoms with E-state index in [1.165, 1.54) is 50.5 Å². The van der Waals surface area contributed by atoms with Crippen LogP contribution in [0.4, 0.5) is 0 Å². The van der Waals surface area contributed by atoms with Crippen molar-refractivity contribution in [2.24, 2.45) is 0 Å². The highest BCUT2D eigenvalue weighted by atomic mass is 16.3. The van der Waals surface area contributed by atoms with Crippen LogP contribution in [0, 0.1) is 0 Å². The smallest absolute Gasteiger partial charge is 0.0558 e. The van der Waals surface area contributed by atoms with Crippen molar-refractivity contribution in [1.29, 1.82) is 0 Å². The van der Waals surface area contributed by atoms with Gasteiger partial charge < -0.3 is 5.11 Å². The molecule has 1 N–H and O–H groups in total. The van der Waals surface area contributed by atoms with E-state index >= 15 is 0 Å². The molecule has 0 bridgehead atoms. The summed E-state index contributed by atoms with van der Waals surface area (Å²) in [6.07, 6.45) is 9.08. The van der Waals surface area contributed by atoms with Gasteiger partial charge in [-0.05, 0) is 44.2 Å². The second-order valence-corrected chi connectivity index (χ2v) is 5.64. The maximum absolute atomic E-state index is 9.19. The number of nitrogens with zero attached hydrogens (tertiary/aromatic N) is 1. The Balaban J connectivity index is 1.67.